The summed E-state index contributed by atoms with van der Waals surface area (Å²) >= 11 is 0. The van der Waals surface area contributed by atoms with Gasteiger partial charge in [0.1, 0.15) is 0 Å². The van der Waals surface area contributed by atoms with Gasteiger partial charge in [0, 0.05) is 11.6 Å². The smallest absolute Gasteiger partial charge is 0.375 e. The summed E-state index contributed by atoms with van der Waals surface area (Å²) in [7, 11) is 0. The third kappa shape index (κ3) is 9.81. The molecular weight excluding hydrogens is 368 g/mol. The Kier molecular flexibility index (Phi) is 9.80. The van der Waals surface area contributed by atoms with Crippen molar-refractivity contribution in [3.8, 4) is 5.75 Å². The van der Waals surface area contributed by atoms with Crippen LogP contribution in [0.15, 0.2) is 53.7 Å². The predicted octanol–water partition coefficient (Wildman–Crippen LogP) is 3.91. The average molecular weight is 392 g/mol. The lowest BCUT2D eigenvalue weighted by atomic mass is 9.89. The van der Waals surface area contributed by atoms with Crippen molar-refractivity contribution >= 4 is 17.9 Å². The van der Waals surface area contributed by atoms with Crippen molar-refractivity contribution in [1.29, 1.82) is 0 Å². The molecule has 0 bridgehead atoms. The van der Waals surface area contributed by atoms with E-state index >= 15 is 0 Å². The maximum absolute atomic E-state index is 10.5. The molecule has 1 aromatic carbocycles. The zero-order valence-corrected chi connectivity index (χ0v) is 15.9. The van der Waals surface area contributed by atoms with Crippen LogP contribution in [-0.2, 0) is 11.2 Å². The Morgan fingerprint density at radius 1 is 1.04 bits per heavy atom. The van der Waals surface area contributed by atoms with Crippen LogP contribution in [0.5, 0.6) is 5.75 Å². The summed E-state index contributed by atoms with van der Waals surface area (Å²) < 4.78 is 4.75. The maximum Gasteiger partial charge on any atom is 0.375 e. The molecule has 0 saturated heterocycles. The van der Waals surface area contributed by atoms with E-state index in [-0.39, 0.29) is 16.9 Å². The molecule has 0 saturated carbocycles. The van der Waals surface area contributed by atoms with Crippen LogP contribution in [0.3, 0.4) is 0 Å². The number of aromatic hydroxyl groups is 1. The Balaban J connectivity index is 0.000000445. The molecule has 4 N–H and O–H groups in total. The minimum absolute atomic E-state index is 0.0167. The van der Waals surface area contributed by atoms with E-state index in [1.807, 2.05) is 20.8 Å². The molecule has 0 aliphatic carbocycles. The minimum atomic E-state index is -1.25. The van der Waals surface area contributed by atoms with Crippen LogP contribution >= 0.6 is 0 Å². The summed E-state index contributed by atoms with van der Waals surface area (Å²) in [5.74, 6) is -3.75. The molecular formula is C20H24O8. The molecule has 0 unspecified atom stereocenters. The zero-order chi connectivity index (χ0) is 21.9. The highest BCUT2D eigenvalue weighted by Gasteiger charge is 2.22. The molecule has 0 atom stereocenters. The van der Waals surface area contributed by atoms with Gasteiger partial charge in [0.05, 0.1) is 11.8 Å². The van der Waals surface area contributed by atoms with Gasteiger partial charge in [-0.25, -0.2) is 14.4 Å². The molecule has 1 heterocycles. The number of carbonyl (C=O) groups is 3. The molecule has 0 aliphatic rings. The van der Waals surface area contributed by atoms with Gasteiger partial charge in [-0.2, -0.15) is 0 Å². The summed E-state index contributed by atoms with van der Waals surface area (Å²) in [6.07, 6.45) is 2.71. The van der Waals surface area contributed by atoms with Gasteiger partial charge in [0.2, 0.25) is 0 Å². The van der Waals surface area contributed by atoms with E-state index < -0.39 is 17.9 Å². The maximum atomic E-state index is 10.5. The monoisotopic (exact) mass is 392 g/mol. The number of hydrogen-bond donors (Lipinski definition) is 4. The average Bonchev–Trinajstić information content (AvgIpc) is 2.96. The molecule has 0 radical (unpaired) electrons. The number of aromatic carboxylic acids is 2. The molecule has 0 aliphatic heterocycles. The molecule has 2 aromatic rings. The first-order valence-electron chi connectivity index (χ1n) is 8.05. The Morgan fingerprint density at radius 2 is 1.54 bits per heavy atom. The number of carboxylic acid groups (broad SMARTS) is 3. The molecule has 8 heteroatoms. The Morgan fingerprint density at radius 3 is 1.82 bits per heavy atom. The summed E-state index contributed by atoms with van der Waals surface area (Å²) in [6.45, 7) is 8.96. The number of rotatable bonds is 4. The van der Waals surface area contributed by atoms with E-state index in [0.717, 1.165) is 6.08 Å². The third-order valence-corrected chi connectivity index (χ3v) is 2.95. The van der Waals surface area contributed by atoms with Crippen molar-refractivity contribution in [1.82, 2.24) is 0 Å². The fourth-order valence-electron chi connectivity index (χ4n) is 1.82. The number of carboxylic acids is 3. The van der Waals surface area contributed by atoms with Gasteiger partial charge in [-0.1, -0.05) is 45.5 Å². The van der Waals surface area contributed by atoms with Crippen LogP contribution in [0.25, 0.3) is 0 Å². The van der Waals surface area contributed by atoms with Crippen LogP contribution in [-0.4, -0.2) is 38.3 Å². The van der Waals surface area contributed by atoms with Crippen molar-refractivity contribution in [3.63, 3.8) is 0 Å². The second-order valence-electron chi connectivity index (χ2n) is 6.69. The number of aliphatic carboxylic acids is 1. The predicted molar refractivity (Wildman–Crippen MR) is 102 cm³/mol. The standard InChI is InChI=1S/C10H14O4.C7H6O2.C3H4O2/c1-10(2,3)4-6-5-14-8(7(6)11)9(12)13;8-7(9)6-4-2-1-3-5-6;1-2-3(4)5/h5,11H,4H2,1-3H3,(H,12,13);1-5H,(H,8,9);2H,1H2,(H,4,5). The van der Waals surface area contributed by atoms with Crippen LogP contribution < -0.4 is 0 Å². The minimum Gasteiger partial charge on any atom is -0.504 e. The molecule has 0 fully saturated rings. The lowest BCUT2D eigenvalue weighted by Crippen LogP contribution is -2.08. The van der Waals surface area contributed by atoms with Gasteiger partial charge in [-0.3, -0.25) is 0 Å². The van der Waals surface area contributed by atoms with E-state index in [9.17, 15) is 19.5 Å². The Bertz CT molecular complexity index is 797. The van der Waals surface area contributed by atoms with E-state index in [2.05, 4.69) is 6.58 Å². The van der Waals surface area contributed by atoms with E-state index in [1.165, 1.54) is 6.26 Å². The second-order valence-corrected chi connectivity index (χ2v) is 6.69. The molecule has 152 valence electrons. The number of furan rings is 1. The van der Waals surface area contributed by atoms with Gasteiger partial charge in [-0.05, 0) is 24.0 Å². The molecule has 2 rings (SSSR count). The zero-order valence-electron chi connectivity index (χ0n) is 15.9. The SMILES string of the molecule is C=CC(=O)O.CC(C)(C)Cc1coc(C(=O)O)c1O.O=C(O)c1ccccc1. The Labute approximate surface area is 162 Å². The normalized spacial score (nSPS) is 9.82. The van der Waals surface area contributed by atoms with Crippen molar-refractivity contribution in [2.24, 2.45) is 5.41 Å². The van der Waals surface area contributed by atoms with Gasteiger partial charge < -0.3 is 24.8 Å². The van der Waals surface area contributed by atoms with Crippen LogP contribution in [0.4, 0.5) is 0 Å². The molecule has 0 amide bonds. The van der Waals surface area contributed by atoms with Gasteiger partial charge in [-0.15, -0.1) is 0 Å². The summed E-state index contributed by atoms with van der Waals surface area (Å²) in [6, 6.07) is 8.30. The molecule has 8 nitrogen and oxygen atoms in total. The van der Waals surface area contributed by atoms with Crippen molar-refractivity contribution in [2.45, 2.75) is 27.2 Å². The third-order valence-electron chi connectivity index (χ3n) is 2.95. The van der Waals surface area contributed by atoms with Gasteiger partial charge in [0.15, 0.2) is 5.75 Å². The fourth-order valence-corrected chi connectivity index (χ4v) is 1.82. The van der Waals surface area contributed by atoms with E-state index in [0.29, 0.717) is 17.5 Å². The van der Waals surface area contributed by atoms with Crippen LogP contribution in [0.1, 0.15) is 47.2 Å². The first-order valence-corrected chi connectivity index (χ1v) is 8.05. The van der Waals surface area contributed by atoms with Crippen molar-refractivity contribution in [2.75, 3.05) is 0 Å². The van der Waals surface area contributed by atoms with Crippen LogP contribution in [0.2, 0.25) is 0 Å². The highest BCUT2D eigenvalue weighted by Crippen LogP contribution is 2.30. The van der Waals surface area contributed by atoms with Gasteiger partial charge in [0.25, 0.3) is 5.76 Å². The second kappa shape index (κ2) is 11.2. The molecule has 0 spiro atoms. The first kappa shape index (κ1) is 24.5. The Hall–Kier alpha value is -3.55. The molecule has 28 heavy (non-hydrogen) atoms. The first-order chi connectivity index (χ1) is 12.9. The number of hydrogen-bond acceptors (Lipinski definition) is 5. The quantitative estimate of drug-likeness (QED) is 0.573. The summed E-state index contributed by atoms with van der Waals surface area (Å²) in [4.78, 5) is 30.0. The van der Waals surface area contributed by atoms with Crippen molar-refractivity contribution < 1.29 is 39.2 Å². The fraction of sp³-hybridized carbons (Fsp3) is 0.250. The van der Waals surface area contributed by atoms with Crippen LogP contribution in [0, 0.1) is 5.41 Å². The topological polar surface area (TPSA) is 145 Å². The summed E-state index contributed by atoms with van der Waals surface area (Å²) in [5.41, 5.74) is 0.851. The lowest BCUT2D eigenvalue weighted by molar-refractivity contribution is -0.131. The molecule has 1 aromatic heterocycles. The summed E-state index contributed by atoms with van der Waals surface area (Å²) in [5, 5.41) is 34.1. The van der Waals surface area contributed by atoms with Gasteiger partial charge >= 0.3 is 17.9 Å². The largest absolute Gasteiger partial charge is 0.504 e. The van der Waals surface area contributed by atoms with Crippen molar-refractivity contribution in [3.05, 3.63) is 66.1 Å². The highest BCUT2D eigenvalue weighted by molar-refractivity contribution is 5.88. The lowest BCUT2D eigenvalue weighted by Gasteiger charge is -2.16. The highest BCUT2D eigenvalue weighted by atomic mass is 16.4. The van der Waals surface area contributed by atoms with E-state index in [4.69, 9.17) is 19.7 Å². The van der Waals surface area contributed by atoms with E-state index in [1.54, 1.807) is 30.3 Å². The number of benzene rings is 1.